The van der Waals surface area contributed by atoms with Gasteiger partial charge in [-0.3, -0.25) is 9.59 Å². The van der Waals surface area contributed by atoms with Crippen LogP contribution in [-0.2, 0) is 14.3 Å². The normalized spacial score (nSPS) is 47.4. The molecule has 0 heterocycles. The Morgan fingerprint density at radius 2 is 1.79 bits per heavy atom. The highest BCUT2D eigenvalue weighted by Crippen LogP contribution is 2.68. The Kier molecular flexibility index (Phi) is 5.76. The first-order valence-corrected chi connectivity index (χ1v) is 12.1. The van der Waals surface area contributed by atoms with Gasteiger partial charge in [0, 0.05) is 6.42 Å². The highest BCUT2D eigenvalue weighted by Gasteiger charge is 2.60. The predicted octanol–water partition coefficient (Wildman–Crippen LogP) is 5.69. The molecule has 9 atom stereocenters. The lowest BCUT2D eigenvalue weighted by Gasteiger charge is -2.61. The molecule has 4 aliphatic carbocycles. The van der Waals surface area contributed by atoms with Crippen molar-refractivity contribution >= 4 is 12.4 Å². The molecule has 0 spiro atoms. The van der Waals surface area contributed by atoms with Crippen molar-refractivity contribution in [2.45, 2.75) is 97.5 Å². The fourth-order valence-electron chi connectivity index (χ4n) is 8.95. The molecule has 4 aliphatic rings. The molecule has 164 valence electrons. The van der Waals surface area contributed by atoms with E-state index in [2.05, 4.69) is 20.8 Å². The van der Waals surface area contributed by atoms with Crippen LogP contribution < -0.4 is 0 Å². The van der Waals surface area contributed by atoms with Gasteiger partial charge < -0.3 is 9.84 Å². The molecule has 0 bridgehead atoms. The van der Waals surface area contributed by atoms with E-state index in [1.807, 2.05) is 0 Å². The molecule has 0 aromatic carbocycles. The minimum Gasteiger partial charge on any atom is -0.481 e. The average Bonchev–Trinajstić information content (AvgIpc) is 3.04. The highest BCUT2D eigenvalue weighted by molar-refractivity contribution is 5.66. The van der Waals surface area contributed by atoms with Gasteiger partial charge >= 0.3 is 5.97 Å². The first kappa shape index (κ1) is 21.2. The lowest BCUT2D eigenvalue weighted by molar-refractivity contribution is -0.151. The minimum atomic E-state index is -0.652. The van der Waals surface area contributed by atoms with Crippen LogP contribution in [0.1, 0.15) is 91.4 Å². The molecule has 0 amide bonds. The second kappa shape index (κ2) is 7.89. The predicted molar refractivity (Wildman–Crippen MR) is 112 cm³/mol. The SMILES string of the molecule is C[C@H](CCC(=O)O)[C@H]1CC[C@@H]2[C@@H]3CC[C@@H]4C[C@H](OC=O)CC[C@]4(C)[C@H]3CC[C@@]21C. The van der Waals surface area contributed by atoms with E-state index in [0.29, 0.717) is 41.5 Å². The molecular weight excluding hydrogens is 364 g/mol. The smallest absolute Gasteiger partial charge is 0.303 e. The van der Waals surface area contributed by atoms with Gasteiger partial charge in [-0.25, -0.2) is 0 Å². The van der Waals surface area contributed by atoms with Gasteiger partial charge in [0.2, 0.25) is 0 Å². The van der Waals surface area contributed by atoms with Crippen LogP contribution in [0.5, 0.6) is 0 Å². The number of ether oxygens (including phenoxy) is 1. The molecule has 0 saturated heterocycles. The minimum absolute atomic E-state index is 0.141. The number of carbonyl (C=O) groups excluding carboxylic acids is 1. The van der Waals surface area contributed by atoms with E-state index in [1.165, 1.54) is 44.9 Å². The molecule has 4 saturated carbocycles. The van der Waals surface area contributed by atoms with Gasteiger partial charge in [-0.05, 0) is 111 Å². The van der Waals surface area contributed by atoms with Gasteiger partial charge in [0.1, 0.15) is 6.10 Å². The summed E-state index contributed by atoms with van der Waals surface area (Å²) in [7, 11) is 0. The number of hydrogen-bond acceptors (Lipinski definition) is 3. The first-order chi connectivity index (χ1) is 13.8. The van der Waals surface area contributed by atoms with Gasteiger partial charge in [0.05, 0.1) is 0 Å². The van der Waals surface area contributed by atoms with E-state index < -0.39 is 5.97 Å². The van der Waals surface area contributed by atoms with Crippen molar-refractivity contribution in [3.8, 4) is 0 Å². The van der Waals surface area contributed by atoms with Crippen molar-refractivity contribution in [3.63, 3.8) is 0 Å². The summed E-state index contributed by atoms with van der Waals surface area (Å²) in [6, 6.07) is 0. The van der Waals surface area contributed by atoms with Crippen molar-refractivity contribution in [2.24, 2.45) is 46.3 Å². The van der Waals surface area contributed by atoms with Gasteiger partial charge in [-0.1, -0.05) is 20.8 Å². The summed E-state index contributed by atoms with van der Waals surface area (Å²) in [5.41, 5.74) is 0.820. The standard InChI is InChI=1S/C25H40O4/c1-16(4-9-23(27)28)20-7-8-21-19-6-5-17-14-18(29-15-26)10-12-24(17,2)22(19)11-13-25(20,21)3/h15-22H,4-14H2,1-3H3,(H,27,28)/t16-,17-,18-,19+,20-,21-,22+,24+,25-/m1/s1. The Bertz CT molecular complexity index is 632. The van der Waals surface area contributed by atoms with Gasteiger partial charge in [-0.15, -0.1) is 0 Å². The molecule has 0 aromatic heterocycles. The van der Waals surface area contributed by atoms with Crippen molar-refractivity contribution in [3.05, 3.63) is 0 Å². The molecule has 1 N–H and O–H groups in total. The van der Waals surface area contributed by atoms with Gasteiger partial charge in [0.25, 0.3) is 6.47 Å². The third-order valence-corrected chi connectivity index (χ3v) is 10.4. The topological polar surface area (TPSA) is 63.6 Å². The number of carboxylic acid groups (broad SMARTS) is 1. The third-order valence-electron chi connectivity index (χ3n) is 10.4. The molecule has 0 aromatic rings. The molecule has 29 heavy (non-hydrogen) atoms. The Morgan fingerprint density at radius 3 is 2.52 bits per heavy atom. The third kappa shape index (κ3) is 3.53. The van der Waals surface area contributed by atoms with E-state index in [4.69, 9.17) is 9.84 Å². The van der Waals surface area contributed by atoms with E-state index in [-0.39, 0.29) is 6.10 Å². The summed E-state index contributed by atoms with van der Waals surface area (Å²) >= 11 is 0. The lowest BCUT2D eigenvalue weighted by Crippen LogP contribution is -2.54. The number of rotatable bonds is 6. The van der Waals surface area contributed by atoms with Crippen LogP contribution in [-0.4, -0.2) is 23.7 Å². The van der Waals surface area contributed by atoms with Gasteiger partial charge in [0.15, 0.2) is 0 Å². The average molecular weight is 405 g/mol. The van der Waals surface area contributed by atoms with Crippen LogP contribution in [0.2, 0.25) is 0 Å². The number of carbonyl (C=O) groups is 2. The van der Waals surface area contributed by atoms with Crippen LogP contribution in [0.15, 0.2) is 0 Å². The second-order valence-corrected chi connectivity index (χ2v) is 11.4. The van der Waals surface area contributed by atoms with E-state index in [9.17, 15) is 9.59 Å². The van der Waals surface area contributed by atoms with Crippen LogP contribution >= 0.6 is 0 Å². The van der Waals surface area contributed by atoms with Crippen molar-refractivity contribution < 1.29 is 19.4 Å². The zero-order valence-corrected chi connectivity index (χ0v) is 18.6. The van der Waals surface area contributed by atoms with Crippen molar-refractivity contribution in [2.75, 3.05) is 0 Å². The fraction of sp³-hybridized carbons (Fsp3) is 0.920. The van der Waals surface area contributed by atoms with Crippen LogP contribution in [0.4, 0.5) is 0 Å². The molecule has 4 rings (SSSR count). The Labute approximate surface area is 176 Å². The Hall–Kier alpha value is -1.06. The number of hydrogen-bond donors (Lipinski definition) is 1. The quantitative estimate of drug-likeness (QED) is 0.578. The van der Waals surface area contributed by atoms with E-state index in [1.54, 1.807) is 0 Å². The first-order valence-electron chi connectivity index (χ1n) is 12.1. The molecule has 0 radical (unpaired) electrons. The maximum absolute atomic E-state index is 11.1. The summed E-state index contributed by atoms with van der Waals surface area (Å²) in [5, 5.41) is 9.12. The Balaban J connectivity index is 1.48. The molecule has 4 fully saturated rings. The summed E-state index contributed by atoms with van der Waals surface area (Å²) in [6.45, 7) is 8.05. The van der Waals surface area contributed by atoms with E-state index in [0.717, 1.165) is 37.0 Å². The van der Waals surface area contributed by atoms with Crippen LogP contribution in [0.25, 0.3) is 0 Å². The number of carboxylic acids is 1. The molecule has 0 aliphatic heterocycles. The summed E-state index contributed by atoms with van der Waals surface area (Å²) < 4.78 is 5.36. The number of fused-ring (bicyclic) bond motifs is 5. The van der Waals surface area contributed by atoms with Crippen molar-refractivity contribution in [1.82, 2.24) is 0 Å². The zero-order chi connectivity index (χ0) is 20.8. The zero-order valence-electron chi connectivity index (χ0n) is 18.6. The fourth-order valence-corrected chi connectivity index (χ4v) is 8.95. The molecule has 4 nitrogen and oxygen atoms in total. The summed E-state index contributed by atoms with van der Waals surface area (Å²) in [5.74, 6) is 3.75. The van der Waals surface area contributed by atoms with Crippen molar-refractivity contribution in [1.29, 1.82) is 0 Å². The molecule has 4 heteroatoms. The maximum Gasteiger partial charge on any atom is 0.303 e. The summed E-state index contributed by atoms with van der Waals surface area (Å²) in [6.07, 6.45) is 12.5. The second-order valence-electron chi connectivity index (χ2n) is 11.4. The largest absolute Gasteiger partial charge is 0.481 e. The monoisotopic (exact) mass is 404 g/mol. The number of aliphatic carboxylic acids is 1. The van der Waals surface area contributed by atoms with E-state index >= 15 is 0 Å². The van der Waals surface area contributed by atoms with Crippen LogP contribution in [0, 0.1) is 46.3 Å². The Morgan fingerprint density at radius 1 is 1.07 bits per heavy atom. The highest BCUT2D eigenvalue weighted by atomic mass is 16.5. The maximum atomic E-state index is 11.1. The summed E-state index contributed by atoms with van der Waals surface area (Å²) in [4.78, 5) is 21.9. The van der Waals surface area contributed by atoms with Crippen LogP contribution in [0.3, 0.4) is 0 Å². The van der Waals surface area contributed by atoms with Gasteiger partial charge in [-0.2, -0.15) is 0 Å². The molecule has 0 unspecified atom stereocenters. The lowest BCUT2D eigenvalue weighted by atomic mass is 9.44. The molecular formula is C25H40O4.